The third-order valence-electron chi connectivity index (χ3n) is 3.32. The fraction of sp³-hybridized carbons (Fsp3) is 0.917. The van der Waals surface area contributed by atoms with Crippen LogP contribution in [0.3, 0.4) is 0 Å². The molecule has 3 nitrogen and oxygen atoms in total. The second-order valence-electron chi connectivity index (χ2n) is 5.63. The van der Waals surface area contributed by atoms with E-state index in [1.165, 1.54) is 19.8 Å². The van der Waals surface area contributed by atoms with Crippen molar-refractivity contribution in [3.63, 3.8) is 0 Å². The highest BCUT2D eigenvalue weighted by molar-refractivity contribution is 5.65. The van der Waals surface area contributed by atoms with Crippen LogP contribution >= 0.6 is 0 Å². The predicted molar refractivity (Wildman–Crippen MR) is 60.1 cm³/mol. The van der Waals surface area contributed by atoms with Gasteiger partial charge in [0.25, 0.3) is 0 Å². The van der Waals surface area contributed by atoms with Gasteiger partial charge in [0.15, 0.2) is 0 Å². The number of carbonyl (C=O) groups excluding carboxylic acids is 1. The van der Waals surface area contributed by atoms with E-state index in [4.69, 9.17) is 4.84 Å². The van der Waals surface area contributed by atoms with E-state index >= 15 is 0 Å². The standard InChI is InChI=1S/C12H23NO2/c1-9(14)15-13-11-7-5-10(6-8-11)12(2,3)4/h10-11,13H,5-8H2,1-4H3. The maximum Gasteiger partial charge on any atom is 0.321 e. The first-order valence-electron chi connectivity index (χ1n) is 5.82. The molecule has 15 heavy (non-hydrogen) atoms. The molecule has 1 aliphatic rings. The molecule has 0 aliphatic heterocycles. The minimum Gasteiger partial charge on any atom is -0.371 e. The quantitative estimate of drug-likeness (QED) is 0.717. The molecule has 0 amide bonds. The number of carbonyl (C=O) groups is 1. The maximum atomic E-state index is 10.6. The van der Waals surface area contributed by atoms with Gasteiger partial charge in [0.1, 0.15) is 0 Å². The number of hydroxylamine groups is 1. The van der Waals surface area contributed by atoms with Crippen LogP contribution in [0.4, 0.5) is 0 Å². The average Bonchev–Trinajstić information content (AvgIpc) is 2.14. The molecule has 1 saturated carbocycles. The Morgan fingerprint density at radius 3 is 2.13 bits per heavy atom. The molecular formula is C12H23NO2. The second kappa shape index (κ2) is 4.97. The van der Waals surface area contributed by atoms with Crippen LogP contribution in [0.25, 0.3) is 0 Å². The zero-order valence-corrected chi connectivity index (χ0v) is 10.3. The fourth-order valence-corrected chi connectivity index (χ4v) is 2.24. The van der Waals surface area contributed by atoms with Crippen LogP contribution in [0.5, 0.6) is 0 Å². The molecule has 1 rings (SSSR count). The van der Waals surface area contributed by atoms with Gasteiger partial charge in [0.05, 0.1) is 0 Å². The number of nitrogens with one attached hydrogen (secondary N) is 1. The third-order valence-corrected chi connectivity index (χ3v) is 3.32. The highest BCUT2D eigenvalue weighted by Crippen LogP contribution is 2.37. The Hall–Kier alpha value is -0.570. The molecule has 0 heterocycles. The van der Waals surface area contributed by atoms with Crippen LogP contribution in [0.1, 0.15) is 53.4 Å². The lowest BCUT2D eigenvalue weighted by Gasteiger charge is -2.36. The normalized spacial score (nSPS) is 27.5. The summed E-state index contributed by atoms with van der Waals surface area (Å²) in [6.45, 7) is 8.33. The van der Waals surface area contributed by atoms with E-state index < -0.39 is 0 Å². The van der Waals surface area contributed by atoms with E-state index in [1.807, 2.05) is 0 Å². The van der Waals surface area contributed by atoms with E-state index in [2.05, 4.69) is 26.3 Å². The van der Waals surface area contributed by atoms with Gasteiger partial charge in [-0.2, -0.15) is 5.48 Å². The minimum atomic E-state index is -0.257. The Morgan fingerprint density at radius 2 is 1.73 bits per heavy atom. The van der Waals surface area contributed by atoms with Crippen LogP contribution < -0.4 is 5.48 Å². The first-order valence-corrected chi connectivity index (χ1v) is 5.82. The first kappa shape index (κ1) is 12.5. The summed E-state index contributed by atoms with van der Waals surface area (Å²) in [4.78, 5) is 15.4. The van der Waals surface area contributed by atoms with Gasteiger partial charge in [-0.1, -0.05) is 20.8 Å². The summed E-state index contributed by atoms with van der Waals surface area (Å²) in [7, 11) is 0. The average molecular weight is 213 g/mol. The molecule has 0 spiro atoms. The summed E-state index contributed by atoms with van der Waals surface area (Å²) in [6, 6.07) is 0.354. The third kappa shape index (κ3) is 4.20. The van der Waals surface area contributed by atoms with Gasteiger partial charge in [-0.05, 0) is 37.0 Å². The Labute approximate surface area is 92.5 Å². The van der Waals surface area contributed by atoms with E-state index in [1.54, 1.807) is 0 Å². The smallest absolute Gasteiger partial charge is 0.321 e. The largest absolute Gasteiger partial charge is 0.371 e. The lowest BCUT2D eigenvalue weighted by molar-refractivity contribution is -0.151. The van der Waals surface area contributed by atoms with Gasteiger partial charge in [0.2, 0.25) is 0 Å². The molecule has 0 unspecified atom stereocenters. The molecular weight excluding hydrogens is 190 g/mol. The van der Waals surface area contributed by atoms with Crippen molar-refractivity contribution in [3.8, 4) is 0 Å². The summed E-state index contributed by atoms with van der Waals surface area (Å²) < 4.78 is 0. The van der Waals surface area contributed by atoms with Crippen LogP contribution in [-0.4, -0.2) is 12.0 Å². The van der Waals surface area contributed by atoms with Crippen LogP contribution in [0.15, 0.2) is 0 Å². The van der Waals surface area contributed by atoms with Crippen molar-refractivity contribution in [2.75, 3.05) is 0 Å². The molecule has 0 atom stereocenters. The monoisotopic (exact) mass is 213 g/mol. The zero-order chi connectivity index (χ0) is 11.5. The van der Waals surface area contributed by atoms with Crippen molar-refractivity contribution in [1.29, 1.82) is 0 Å². The van der Waals surface area contributed by atoms with Gasteiger partial charge in [0, 0.05) is 13.0 Å². The number of hydrogen-bond acceptors (Lipinski definition) is 3. The maximum absolute atomic E-state index is 10.6. The van der Waals surface area contributed by atoms with Crippen molar-refractivity contribution in [2.45, 2.75) is 59.4 Å². The van der Waals surface area contributed by atoms with Crippen molar-refractivity contribution in [1.82, 2.24) is 5.48 Å². The summed E-state index contributed by atoms with van der Waals surface area (Å²) in [6.07, 6.45) is 4.66. The lowest BCUT2D eigenvalue weighted by Crippen LogP contribution is -2.37. The van der Waals surface area contributed by atoms with Crippen molar-refractivity contribution in [3.05, 3.63) is 0 Å². The molecule has 1 fully saturated rings. The molecule has 0 aromatic heterocycles. The van der Waals surface area contributed by atoms with Crippen molar-refractivity contribution >= 4 is 5.97 Å². The van der Waals surface area contributed by atoms with Crippen molar-refractivity contribution in [2.24, 2.45) is 11.3 Å². The zero-order valence-electron chi connectivity index (χ0n) is 10.3. The Morgan fingerprint density at radius 1 is 1.20 bits per heavy atom. The van der Waals surface area contributed by atoms with E-state index in [0.29, 0.717) is 11.5 Å². The molecule has 0 bridgehead atoms. The summed E-state index contributed by atoms with van der Waals surface area (Å²) in [5.41, 5.74) is 3.25. The van der Waals surface area contributed by atoms with Crippen LogP contribution in [0, 0.1) is 11.3 Å². The topological polar surface area (TPSA) is 38.3 Å². The molecule has 0 saturated heterocycles. The molecule has 0 aromatic carbocycles. The lowest BCUT2D eigenvalue weighted by atomic mass is 9.71. The molecule has 0 radical (unpaired) electrons. The molecule has 88 valence electrons. The molecule has 0 aromatic rings. The van der Waals surface area contributed by atoms with Gasteiger partial charge in [-0.15, -0.1) is 0 Å². The second-order valence-corrected chi connectivity index (χ2v) is 5.63. The molecule has 3 heteroatoms. The highest BCUT2D eigenvalue weighted by Gasteiger charge is 2.29. The van der Waals surface area contributed by atoms with Gasteiger partial charge in [-0.3, -0.25) is 4.79 Å². The molecule has 1 N–H and O–H groups in total. The summed E-state index contributed by atoms with van der Waals surface area (Å²) in [5.74, 6) is 0.542. The predicted octanol–water partition coefficient (Wildman–Crippen LogP) is 2.66. The molecule has 1 aliphatic carbocycles. The number of rotatable bonds is 2. The van der Waals surface area contributed by atoms with E-state index in [9.17, 15) is 4.79 Å². The van der Waals surface area contributed by atoms with Crippen molar-refractivity contribution < 1.29 is 9.63 Å². The minimum absolute atomic E-state index is 0.257. The van der Waals surface area contributed by atoms with Gasteiger partial charge in [-0.25, -0.2) is 0 Å². The summed E-state index contributed by atoms with van der Waals surface area (Å²) in [5, 5.41) is 0. The van der Waals surface area contributed by atoms with E-state index in [-0.39, 0.29) is 5.97 Å². The Bertz CT molecular complexity index is 212. The van der Waals surface area contributed by atoms with Gasteiger partial charge < -0.3 is 4.84 Å². The van der Waals surface area contributed by atoms with Crippen LogP contribution in [-0.2, 0) is 9.63 Å². The SMILES string of the molecule is CC(=O)ONC1CCC(C(C)(C)C)CC1. The Balaban J connectivity index is 2.27. The Kier molecular flexibility index (Phi) is 4.14. The summed E-state index contributed by atoms with van der Waals surface area (Å²) >= 11 is 0. The fourth-order valence-electron chi connectivity index (χ4n) is 2.24. The van der Waals surface area contributed by atoms with Crippen LogP contribution in [0.2, 0.25) is 0 Å². The van der Waals surface area contributed by atoms with Gasteiger partial charge >= 0.3 is 5.97 Å². The number of hydrogen-bond donors (Lipinski definition) is 1. The van der Waals surface area contributed by atoms with E-state index in [0.717, 1.165) is 18.8 Å². The first-order chi connectivity index (χ1) is 6.89. The highest BCUT2D eigenvalue weighted by atomic mass is 16.7.